The number of carbonyl (C=O) groups is 2. The quantitative estimate of drug-likeness (QED) is 0.745. The topological polar surface area (TPSA) is 62.3 Å². The smallest absolute Gasteiger partial charge is 0.272 e. The Hall–Kier alpha value is -2.06. The predicted octanol–water partition coefficient (Wildman–Crippen LogP) is 4.53. The number of hydrazine groups is 1. The first-order valence-electron chi connectivity index (χ1n) is 7.52. The van der Waals surface area contributed by atoms with E-state index < -0.39 is 35.4 Å². The zero-order chi connectivity index (χ0) is 19.4. The zero-order valence-corrected chi connectivity index (χ0v) is 15.0. The first-order chi connectivity index (χ1) is 12.0. The summed E-state index contributed by atoms with van der Waals surface area (Å²) in [4.78, 5) is 28.3. The van der Waals surface area contributed by atoms with Gasteiger partial charge in [0.05, 0.1) is 21.1 Å². The number of fused-ring (bicyclic) bond motifs is 1. The number of pyridine rings is 1. The summed E-state index contributed by atoms with van der Waals surface area (Å²) in [5, 5.41) is 0.326. The SMILES string of the molecule is CC1C(=O)N(Nc2cc(C(F)(F)F)c3ccc(Cl)c(Cl)c3n2)C(=O)C1C. The van der Waals surface area contributed by atoms with Crippen molar-refractivity contribution in [3.8, 4) is 0 Å². The normalized spacial score (nSPS) is 21.0. The van der Waals surface area contributed by atoms with Gasteiger partial charge in [0.25, 0.3) is 11.8 Å². The van der Waals surface area contributed by atoms with Crippen LogP contribution in [0.15, 0.2) is 18.2 Å². The van der Waals surface area contributed by atoms with E-state index >= 15 is 0 Å². The highest BCUT2D eigenvalue weighted by Crippen LogP contribution is 2.40. The minimum atomic E-state index is -4.70. The number of aromatic nitrogens is 1. The van der Waals surface area contributed by atoms with E-state index in [0.29, 0.717) is 5.01 Å². The highest BCUT2D eigenvalue weighted by atomic mass is 35.5. The molecular formula is C16H12Cl2F3N3O2. The van der Waals surface area contributed by atoms with Crippen LogP contribution in [0.3, 0.4) is 0 Å². The van der Waals surface area contributed by atoms with Crippen molar-refractivity contribution in [2.75, 3.05) is 5.43 Å². The van der Waals surface area contributed by atoms with Crippen molar-refractivity contribution in [2.24, 2.45) is 11.8 Å². The lowest BCUT2D eigenvalue weighted by atomic mass is 10.00. The molecule has 2 amide bonds. The minimum absolute atomic E-state index is 0.0347. The standard InChI is InChI=1S/C16H12Cl2F3N3O2/c1-6-7(2)15(26)24(14(6)25)23-11-5-9(16(19,20)21)8-3-4-10(17)12(18)13(8)22-11/h3-7H,1-2H3,(H,22,23). The fourth-order valence-electron chi connectivity index (χ4n) is 2.69. The molecule has 26 heavy (non-hydrogen) atoms. The van der Waals surface area contributed by atoms with E-state index in [9.17, 15) is 22.8 Å². The summed E-state index contributed by atoms with van der Waals surface area (Å²) in [6, 6.07) is 3.13. The van der Waals surface area contributed by atoms with Gasteiger partial charge in [0.15, 0.2) is 0 Å². The van der Waals surface area contributed by atoms with Crippen LogP contribution in [0.2, 0.25) is 10.0 Å². The fourth-order valence-corrected chi connectivity index (χ4v) is 3.05. The second-order valence-electron chi connectivity index (χ2n) is 6.01. The van der Waals surface area contributed by atoms with Crippen LogP contribution in [0.4, 0.5) is 19.0 Å². The van der Waals surface area contributed by atoms with Crippen molar-refractivity contribution in [3.05, 3.63) is 33.8 Å². The Morgan fingerprint density at radius 2 is 1.69 bits per heavy atom. The molecule has 5 nitrogen and oxygen atoms in total. The molecule has 1 aromatic carbocycles. The Labute approximate surface area is 156 Å². The monoisotopic (exact) mass is 405 g/mol. The molecule has 138 valence electrons. The van der Waals surface area contributed by atoms with Crippen molar-refractivity contribution in [1.29, 1.82) is 0 Å². The molecule has 2 heterocycles. The second kappa shape index (κ2) is 6.28. The third-order valence-electron chi connectivity index (χ3n) is 4.37. The van der Waals surface area contributed by atoms with Crippen LogP contribution in [0, 0.1) is 11.8 Å². The number of hydrogen-bond acceptors (Lipinski definition) is 4. The van der Waals surface area contributed by atoms with E-state index in [0.717, 1.165) is 6.07 Å². The Morgan fingerprint density at radius 3 is 2.23 bits per heavy atom. The number of amides is 2. The third-order valence-corrected chi connectivity index (χ3v) is 5.17. The maximum absolute atomic E-state index is 13.4. The molecule has 1 fully saturated rings. The molecule has 2 aromatic rings. The van der Waals surface area contributed by atoms with Crippen molar-refractivity contribution in [3.63, 3.8) is 0 Å². The number of anilines is 1. The molecule has 0 spiro atoms. The molecule has 1 N–H and O–H groups in total. The van der Waals surface area contributed by atoms with E-state index in [-0.39, 0.29) is 26.8 Å². The van der Waals surface area contributed by atoms with E-state index in [1.165, 1.54) is 12.1 Å². The molecule has 10 heteroatoms. The predicted molar refractivity (Wildman–Crippen MR) is 90.6 cm³/mol. The minimum Gasteiger partial charge on any atom is -0.272 e. The summed E-state index contributed by atoms with van der Waals surface area (Å²) in [5.74, 6) is -2.60. The number of carbonyl (C=O) groups excluding carboxylic acids is 2. The highest BCUT2D eigenvalue weighted by Gasteiger charge is 2.43. The maximum atomic E-state index is 13.4. The molecule has 2 unspecified atom stereocenters. The largest absolute Gasteiger partial charge is 0.417 e. The fraction of sp³-hybridized carbons (Fsp3) is 0.312. The van der Waals surface area contributed by atoms with Gasteiger partial charge in [-0.05, 0) is 12.1 Å². The van der Waals surface area contributed by atoms with Crippen molar-refractivity contribution in [1.82, 2.24) is 9.99 Å². The van der Waals surface area contributed by atoms with Gasteiger partial charge in [-0.25, -0.2) is 4.98 Å². The van der Waals surface area contributed by atoms with Gasteiger partial charge in [-0.3, -0.25) is 15.0 Å². The van der Waals surface area contributed by atoms with Crippen LogP contribution >= 0.6 is 23.2 Å². The number of alkyl halides is 3. The number of rotatable bonds is 2. The average molecular weight is 406 g/mol. The number of nitrogens with zero attached hydrogens (tertiary/aromatic N) is 2. The zero-order valence-electron chi connectivity index (χ0n) is 13.5. The third kappa shape index (κ3) is 2.97. The van der Waals surface area contributed by atoms with E-state index in [4.69, 9.17) is 23.2 Å². The van der Waals surface area contributed by atoms with Gasteiger partial charge < -0.3 is 0 Å². The van der Waals surface area contributed by atoms with Crippen molar-refractivity contribution in [2.45, 2.75) is 20.0 Å². The Morgan fingerprint density at radius 1 is 1.12 bits per heavy atom. The van der Waals surface area contributed by atoms with Crippen LogP contribution in [0.5, 0.6) is 0 Å². The van der Waals surface area contributed by atoms with Gasteiger partial charge >= 0.3 is 6.18 Å². The molecule has 1 aliphatic rings. The number of benzene rings is 1. The first-order valence-corrected chi connectivity index (χ1v) is 8.28. The molecule has 0 aliphatic carbocycles. The molecule has 1 saturated heterocycles. The molecule has 0 bridgehead atoms. The van der Waals surface area contributed by atoms with Gasteiger partial charge in [0, 0.05) is 17.2 Å². The van der Waals surface area contributed by atoms with Gasteiger partial charge in [0.1, 0.15) is 5.82 Å². The van der Waals surface area contributed by atoms with Crippen LogP contribution in [0.25, 0.3) is 10.9 Å². The van der Waals surface area contributed by atoms with Crippen LogP contribution in [-0.4, -0.2) is 21.8 Å². The number of hydrogen-bond donors (Lipinski definition) is 1. The molecule has 1 aliphatic heterocycles. The summed E-state index contributed by atoms with van der Waals surface area (Å²) in [6.45, 7) is 3.14. The molecule has 1 aromatic heterocycles. The summed E-state index contributed by atoms with van der Waals surface area (Å²) in [5.41, 5.74) is 1.18. The number of halogens is 5. The average Bonchev–Trinajstić information content (AvgIpc) is 2.75. The molecule has 3 rings (SSSR count). The lowest BCUT2D eigenvalue weighted by Crippen LogP contribution is -2.36. The lowest BCUT2D eigenvalue weighted by Gasteiger charge is -2.19. The van der Waals surface area contributed by atoms with Crippen LogP contribution in [0.1, 0.15) is 19.4 Å². The summed E-state index contributed by atoms with van der Waals surface area (Å²) in [6.07, 6.45) is -4.70. The summed E-state index contributed by atoms with van der Waals surface area (Å²) in [7, 11) is 0. The van der Waals surface area contributed by atoms with Crippen LogP contribution in [-0.2, 0) is 15.8 Å². The van der Waals surface area contributed by atoms with E-state index in [2.05, 4.69) is 10.4 Å². The van der Waals surface area contributed by atoms with E-state index in [1.54, 1.807) is 13.8 Å². The molecule has 0 radical (unpaired) electrons. The highest BCUT2D eigenvalue weighted by molar-refractivity contribution is 6.45. The van der Waals surface area contributed by atoms with Gasteiger partial charge in [0.2, 0.25) is 0 Å². The molecule has 2 atom stereocenters. The first kappa shape index (κ1) is 18.7. The Bertz CT molecular complexity index is 913. The lowest BCUT2D eigenvalue weighted by molar-refractivity contribution is -0.138. The summed E-state index contributed by atoms with van der Waals surface area (Å²) >= 11 is 11.9. The van der Waals surface area contributed by atoms with Gasteiger partial charge in [-0.1, -0.05) is 43.1 Å². The number of nitrogens with one attached hydrogen (secondary N) is 1. The second-order valence-corrected chi connectivity index (χ2v) is 6.80. The Kier molecular flexibility index (Phi) is 4.52. The number of imide groups is 1. The maximum Gasteiger partial charge on any atom is 0.417 e. The van der Waals surface area contributed by atoms with Crippen molar-refractivity contribution < 1.29 is 22.8 Å². The van der Waals surface area contributed by atoms with Gasteiger partial charge in [-0.2, -0.15) is 18.2 Å². The molecule has 0 saturated carbocycles. The molecular weight excluding hydrogens is 394 g/mol. The summed E-state index contributed by atoms with van der Waals surface area (Å²) < 4.78 is 40.3. The van der Waals surface area contributed by atoms with Crippen molar-refractivity contribution >= 4 is 51.7 Å². The van der Waals surface area contributed by atoms with E-state index in [1.807, 2.05) is 0 Å². The van der Waals surface area contributed by atoms with Gasteiger partial charge in [-0.15, -0.1) is 0 Å². The Balaban J connectivity index is 2.14. The van der Waals surface area contributed by atoms with Crippen LogP contribution < -0.4 is 5.43 Å².